The molecule has 18 heavy (non-hydrogen) atoms. The molecule has 0 amide bonds. The Morgan fingerprint density at radius 3 is 2.61 bits per heavy atom. The number of nitrogens with zero attached hydrogens (tertiary/aromatic N) is 4. The van der Waals surface area contributed by atoms with E-state index in [0.29, 0.717) is 6.04 Å². The van der Waals surface area contributed by atoms with E-state index in [1.165, 1.54) is 0 Å². The summed E-state index contributed by atoms with van der Waals surface area (Å²) in [4.78, 5) is 13.4. The van der Waals surface area contributed by atoms with E-state index < -0.39 is 0 Å². The van der Waals surface area contributed by atoms with Crippen LogP contribution in [0.15, 0.2) is 12.4 Å². The number of piperazine rings is 1. The molecule has 1 aliphatic heterocycles. The second kappa shape index (κ2) is 6.11. The Labute approximate surface area is 109 Å². The summed E-state index contributed by atoms with van der Waals surface area (Å²) in [6, 6.07) is 2.57. The van der Waals surface area contributed by atoms with Gasteiger partial charge < -0.3 is 10.6 Å². The van der Waals surface area contributed by atoms with Crippen molar-refractivity contribution in [3.05, 3.63) is 18.1 Å². The van der Waals surface area contributed by atoms with Crippen molar-refractivity contribution in [2.24, 2.45) is 5.73 Å². The summed E-state index contributed by atoms with van der Waals surface area (Å²) in [5.41, 5.74) is 6.82. The highest BCUT2D eigenvalue weighted by Crippen LogP contribution is 2.15. The third kappa shape index (κ3) is 2.97. The number of anilines is 1. The standard InChI is InChI=1S/C13H23N5/c1-3-12-8-13(16-10-15-12)18-6-4-17(5-7-18)11(2)9-14/h8,10-11H,3-7,9,14H2,1-2H3. The second-order valence-corrected chi connectivity index (χ2v) is 4.83. The molecule has 1 aromatic heterocycles. The second-order valence-electron chi connectivity index (χ2n) is 4.83. The minimum atomic E-state index is 0.476. The summed E-state index contributed by atoms with van der Waals surface area (Å²) in [5.74, 6) is 1.06. The lowest BCUT2D eigenvalue weighted by Crippen LogP contribution is -2.51. The highest BCUT2D eigenvalue weighted by atomic mass is 15.3. The van der Waals surface area contributed by atoms with Gasteiger partial charge in [-0.1, -0.05) is 6.92 Å². The summed E-state index contributed by atoms with van der Waals surface area (Å²) in [6.07, 6.45) is 2.63. The number of hydrogen-bond acceptors (Lipinski definition) is 5. The van der Waals surface area contributed by atoms with Crippen LogP contribution in [-0.2, 0) is 6.42 Å². The Morgan fingerprint density at radius 1 is 1.28 bits per heavy atom. The van der Waals surface area contributed by atoms with Gasteiger partial charge >= 0.3 is 0 Å². The van der Waals surface area contributed by atoms with Gasteiger partial charge in [-0.2, -0.15) is 0 Å². The molecule has 0 saturated carbocycles. The molecular weight excluding hydrogens is 226 g/mol. The van der Waals surface area contributed by atoms with E-state index in [0.717, 1.165) is 50.7 Å². The van der Waals surface area contributed by atoms with Crippen LogP contribution >= 0.6 is 0 Å². The third-order valence-electron chi connectivity index (χ3n) is 3.67. The zero-order valence-corrected chi connectivity index (χ0v) is 11.3. The van der Waals surface area contributed by atoms with Crippen LogP contribution in [0.2, 0.25) is 0 Å². The van der Waals surface area contributed by atoms with Gasteiger partial charge in [-0.3, -0.25) is 4.90 Å². The molecule has 2 heterocycles. The van der Waals surface area contributed by atoms with E-state index in [-0.39, 0.29) is 0 Å². The molecule has 1 fully saturated rings. The maximum absolute atomic E-state index is 5.71. The lowest BCUT2D eigenvalue weighted by Gasteiger charge is -2.38. The van der Waals surface area contributed by atoms with Crippen molar-refractivity contribution in [1.82, 2.24) is 14.9 Å². The fourth-order valence-corrected chi connectivity index (χ4v) is 2.29. The van der Waals surface area contributed by atoms with Crippen molar-refractivity contribution in [3.8, 4) is 0 Å². The quantitative estimate of drug-likeness (QED) is 0.842. The van der Waals surface area contributed by atoms with Crippen molar-refractivity contribution >= 4 is 5.82 Å². The van der Waals surface area contributed by atoms with E-state index in [1.54, 1.807) is 6.33 Å². The molecule has 100 valence electrons. The van der Waals surface area contributed by atoms with Gasteiger partial charge in [-0.05, 0) is 13.3 Å². The average Bonchev–Trinajstić information content (AvgIpc) is 2.46. The van der Waals surface area contributed by atoms with Gasteiger partial charge in [0.15, 0.2) is 0 Å². The van der Waals surface area contributed by atoms with Crippen molar-refractivity contribution in [3.63, 3.8) is 0 Å². The highest BCUT2D eigenvalue weighted by Gasteiger charge is 2.21. The van der Waals surface area contributed by atoms with E-state index in [2.05, 4.69) is 39.7 Å². The normalized spacial score (nSPS) is 18.9. The summed E-state index contributed by atoms with van der Waals surface area (Å²) >= 11 is 0. The predicted molar refractivity (Wildman–Crippen MR) is 73.7 cm³/mol. The van der Waals surface area contributed by atoms with Crippen LogP contribution in [-0.4, -0.2) is 53.6 Å². The van der Waals surface area contributed by atoms with Gasteiger partial charge in [0.25, 0.3) is 0 Å². The predicted octanol–water partition coefficient (Wildman–Crippen LogP) is 0.508. The molecule has 0 spiro atoms. The van der Waals surface area contributed by atoms with Gasteiger partial charge in [0.1, 0.15) is 12.1 Å². The van der Waals surface area contributed by atoms with Crippen molar-refractivity contribution < 1.29 is 0 Å². The van der Waals surface area contributed by atoms with Crippen LogP contribution in [0.1, 0.15) is 19.5 Å². The Hall–Kier alpha value is -1.20. The zero-order valence-electron chi connectivity index (χ0n) is 11.3. The molecule has 2 rings (SSSR count). The molecule has 2 N–H and O–H groups in total. The first-order valence-corrected chi connectivity index (χ1v) is 6.74. The Balaban J connectivity index is 1.96. The van der Waals surface area contributed by atoms with E-state index in [4.69, 9.17) is 5.73 Å². The average molecular weight is 249 g/mol. The van der Waals surface area contributed by atoms with Gasteiger partial charge in [0, 0.05) is 50.5 Å². The van der Waals surface area contributed by atoms with Crippen LogP contribution in [0.5, 0.6) is 0 Å². The molecular formula is C13H23N5. The van der Waals surface area contributed by atoms with E-state index in [9.17, 15) is 0 Å². The first-order valence-electron chi connectivity index (χ1n) is 6.74. The summed E-state index contributed by atoms with van der Waals surface area (Å²) < 4.78 is 0. The van der Waals surface area contributed by atoms with Crippen molar-refractivity contribution in [2.75, 3.05) is 37.6 Å². The molecule has 1 unspecified atom stereocenters. The first-order chi connectivity index (χ1) is 8.74. The fraction of sp³-hybridized carbons (Fsp3) is 0.692. The molecule has 0 bridgehead atoms. The Kier molecular flexibility index (Phi) is 4.49. The van der Waals surface area contributed by atoms with Crippen molar-refractivity contribution in [1.29, 1.82) is 0 Å². The third-order valence-corrected chi connectivity index (χ3v) is 3.67. The van der Waals surface area contributed by atoms with Crippen LogP contribution < -0.4 is 10.6 Å². The van der Waals surface area contributed by atoms with Crippen LogP contribution in [0.3, 0.4) is 0 Å². The number of rotatable bonds is 4. The van der Waals surface area contributed by atoms with Crippen LogP contribution in [0.4, 0.5) is 5.82 Å². The van der Waals surface area contributed by atoms with E-state index >= 15 is 0 Å². The fourth-order valence-electron chi connectivity index (χ4n) is 2.29. The largest absolute Gasteiger partial charge is 0.354 e. The zero-order chi connectivity index (χ0) is 13.0. The summed E-state index contributed by atoms with van der Waals surface area (Å²) in [7, 11) is 0. The molecule has 1 aromatic rings. The van der Waals surface area contributed by atoms with Crippen molar-refractivity contribution in [2.45, 2.75) is 26.3 Å². The minimum absolute atomic E-state index is 0.476. The Morgan fingerprint density at radius 2 is 2.00 bits per heavy atom. The molecule has 5 nitrogen and oxygen atoms in total. The number of aromatic nitrogens is 2. The maximum Gasteiger partial charge on any atom is 0.132 e. The number of hydrogen-bond donors (Lipinski definition) is 1. The molecule has 0 aliphatic carbocycles. The maximum atomic E-state index is 5.71. The van der Waals surface area contributed by atoms with Gasteiger partial charge in [-0.25, -0.2) is 9.97 Å². The summed E-state index contributed by atoms with van der Waals surface area (Å²) in [5, 5.41) is 0. The molecule has 0 aromatic carbocycles. The molecule has 1 saturated heterocycles. The molecule has 0 radical (unpaired) electrons. The van der Waals surface area contributed by atoms with Gasteiger partial charge in [0.05, 0.1) is 0 Å². The lowest BCUT2D eigenvalue weighted by molar-refractivity contribution is 0.201. The highest BCUT2D eigenvalue weighted by molar-refractivity contribution is 5.39. The molecule has 1 aliphatic rings. The van der Waals surface area contributed by atoms with Crippen LogP contribution in [0, 0.1) is 0 Å². The first kappa shape index (κ1) is 13.2. The van der Waals surface area contributed by atoms with Gasteiger partial charge in [0.2, 0.25) is 0 Å². The van der Waals surface area contributed by atoms with Gasteiger partial charge in [-0.15, -0.1) is 0 Å². The smallest absolute Gasteiger partial charge is 0.132 e. The summed E-state index contributed by atoms with van der Waals surface area (Å²) in [6.45, 7) is 9.19. The number of aryl methyl sites for hydroxylation is 1. The Bertz CT molecular complexity index is 373. The molecule has 5 heteroatoms. The minimum Gasteiger partial charge on any atom is -0.354 e. The lowest BCUT2D eigenvalue weighted by atomic mass is 10.2. The topological polar surface area (TPSA) is 58.3 Å². The van der Waals surface area contributed by atoms with E-state index in [1.807, 2.05) is 0 Å². The number of nitrogens with two attached hydrogens (primary N) is 1. The van der Waals surface area contributed by atoms with Crippen LogP contribution in [0.25, 0.3) is 0 Å². The monoisotopic (exact) mass is 249 g/mol. The SMILES string of the molecule is CCc1cc(N2CCN(C(C)CN)CC2)ncn1. The molecule has 1 atom stereocenters.